The number of benzene rings is 2. The summed E-state index contributed by atoms with van der Waals surface area (Å²) >= 11 is 0. The van der Waals surface area contributed by atoms with E-state index in [0.29, 0.717) is 19.5 Å². The van der Waals surface area contributed by atoms with Crippen LogP contribution in [-0.4, -0.2) is 41.3 Å². The fourth-order valence-corrected chi connectivity index (χ4v) is 3.79. The second-order valence-electron chi connectivity index (χ2n) is 6.97. The maximum absolute atomic E-state index is 12.8. The Morgan fingerprint density at radius 3 is 2.74 bits per heavy atom. The van der Waals surface area contributed by atoms with E-state index in [2.05, 4.69) is 17.1 Å². The summed E-state index contributed by atoms with van der Waals surface area (Å²) in [5.74, 6) is -0.0928. The van der Waals surface area contributed by atoms with Crippen molar-refractivity contribution in [2.75, 3.05) is 24.5 Å². The second-order valence-corrected chi connectivity index (χ2v) is 6.97. The fourth-order valence-electron chi connectivity index (χ4n) is 3.79. The van der Waals surface area contributed by atoms with Crippen molar-refractivity contribution < 1.29 is 9.59 Å². The van der Waals surface area contributed by atoms with Crippen LogP contribution in [0.15, 0.2) is 54.7 Å². The van der Waals surface area contributed by atoms with Gasteiger partial charge in [0.1, 0.15) is 6.54 Å². The number of para-hydroxylation sites is 2. The van der Waals surface area contributed by atoms with Gasteiger partial charge in [-0.2, -0.15) is 0 Å². The zero-order chi connectivity index (χ0) is 18.8. The van der Waals surface area contributed by atoms with Crippen LogP contribution in [-0.2, 0) is 22.4 Å². The number of hydrogen-bond acceptors (Lipinski definition) is 2. The van der Waals surface area contributed by atoms with Crippen LogP contribution in [0.3, 0.4) is 0 Å². The molecule has 0 bridgehead atoms. The number of hydrogen-bond donors (Lipinski definition) is 1. The molecule has 27 heavy (non-hydrogen) atoms. The lowest BCUT2D eigenvalue weighted by Gasteiger charge is -2.24. The molecule has 1 aromatic heterocycles. The lowest BCUT2D eigenvalue weighted by atomic mass is 10.1. The molecule has 1 N–H and O–H groups in total. The summed E-state index contributed by atoms with van der Waals surface area (Å²) < 4.78 is 0. The van der Waals surface area contributed by atoms with Crippen LogP contribution in [0.1, 0.15) is 18.1 Å². The first kappa shape index (κ1) is 17.3. The Morgan fingerprint density at radius 1 is 1.11 bits per heavy atom. The number of aromatic nitrogens is 1. The SMILES string of the molecule is CC(=O)N(CCc1c[nH]c2ccccc12)CC(=O)N1CCc2ccccc21. The van der Waals surface area contributed by atoms with E-state index in [1.165, 1.54) is 17.9 Å². The van der Waals surface area contributed by atoms with Crippen LogP contribution in [0, 0.1) is 0 Å². The third-order valence-corrected chi connectivity index (χ3v) is 5.29. The molecule has 0 aliphatic carbocycles. The summed E-state index contributed by atoms with van der Waals surface area (Å²) in [6.07, 6.45) is 3.58. The molecule has 0 fully saturated rings. The van der Waals surface area contributed by atoms with E-state index in [1.54, 1.807) is 9.80 Å². The Kier molecular flexibility index (Phi) is 4.67. The third-order valence-electron chi connectivity index (χ3n) is 5.29. The summed E-state index contributed by atoms with van der Waals surface area (Å²) in [5, 5.41) is 1.17. The molecule has 4 rings (SSSR count). The molecule has 138 valence electrons. The van der Waals surface area contributed by atoms with Gasteiger partial charge in [0.15, 0.2) is 0 Å². The van der Waals surface area contributed by atoms with E-state index in [0.717, 1.165) is 23.2 Å². The van der Waals surface area contributed by atoms with Crippen LogP contribution < -0.4 is 4.90 Å². The molecular formula is C22H23N3O2. The average molecular weight is 361 g/mol. The van der Waals surface area contributed by atoms with Crippen molar-refractivity contribution >= 4 is 28.4 Å². The van der Waals surface area contributed by atoms with Gasteiger partial charge in [-0.1, -0.05) is 36.4 Å². The molecule has 2 aromatic carbocycles. The standard InChI is InChI=1S/C22H23N3O2/c1-16(26)24(12-10-18-14-23-20-8-4-3-7-19(18)20)15-22(27)25-13-11-17-6-2-5-9-21(17)25/h2-9,14,23H,10-13,15H2,1H3. The van der Waals surface area contributed by atoms with E-state index in [9.17, 15) is 9.59 Å². The molecule has 0 spiro atoms. The Balaban J connectivity index is 1.44. The van der Waals surface area contributed by atoms with Gasteiger partial charge in [0, 0.05) is 42.8 Å². The molecule has 2 amide bonds. The Hall–Kier alpha value is -3.08. The minimum absolute atomic E-state index is 0.0194. The van der Waals surface area contributed by atoms with Crippen molar-refractivity contribution in [2.45, 2.75) is 19.8 Å². The lowest BCUT2D eigenvalue weighted by Crippen LogP contribution is -2.42. The first-order valence-corrected chi connectivity index (χ1v) is 9.32. The molecule has 5 nitrogen and oxygen atoms in total. The van der Waals surface area contributed by atoms with Crippen LogP contribution in [0.5, 0.6) is 0 Å². The predicted octanol–water partition coefficient (Wildman–Crippen LogP) is 3.15. The van der Waals surface area contributed by atoms with Crippen molar-refractivity contribution in [3.63, 3.8) is 0 Å². The molecule has 0 atom stereocenters. The molecule has 0 radical (unpaired) electrons. The minimum atomic E-state index is -0.0735. The van der Waals surface area contributed by atoms with Gasteiger partial charge in [-0.25, -0.2) is 0 Å². The van der Waals surface area contributed by atoms with Crippen LogP contribution in [0.25, 0.3) is 10.9 Å². The summed E-state index contributed by atoms with van der Waals surface area (Å²) in [6.45, 7) is 2.86. The zero-order valence-electron chi connectivity index (χ0n) is 15.4. The van der Waals surface area contributed by atoms with Gasteiger partial charge >= 0.3 is 0 Å². The largest absolute Gasteiger partial charge is 0.361 e. The van der Waals surface area contributed by atoms with E-state index in [4.69, 9.17) is 0 Å². The maximum Gasteiger partial charge on any atom is 0.246 e. The van der Waals surface area contributed by atoms with Gasteiger partial charge in [0.05, 0.1) is 0 Å². The van der Waals surface area contributed by atoms with Crippen molar-refractivity contribution in [2.24, 2.45) is 0 Å². The van der Waals surface area contributed by atoms with Crippen LogP contribution in [0.2, 0.25) is 0 Å². The molecule has 5 heteroatoms. The van der Waals surface area contributed by atoms with Crippen molar-refractivity contribution in [3.8, 4) is 0 Å². The quantitative estimate of drug-likeness (QED) is 0.759. The Labute approximate surface area is 158 Å². The predicted molar refractivity (Wildman–Crippen MR) is 107 cm³/mol. The van der Waals surface area contributed by atoms with Gasteiger partial charge in [-0.05, 0) is 36.1 Å². The normalized spacial score (nSPS) is 13.0. The molecule has 2 heterocycles. The first-order valence-electron chi connectivity index (χ1n) is 9.32. The summed E-state index contributed by atoms with van der Waals surface area (Å²) in [5.41, 5.74) is 4.42. The zero-order valence-corrected chi connectivity index (χ0v) is 15.4. The van der Waals surface area contributed by atoms with E-state index in [1.807, 2.05) is 42.6 Å². The number of anilines is 1. The molecule has 1 aliphatic rings. The minimum Gasteiger partial charge on any atom is -0.361 e. The van der Waals surface area contributed by atoms with Gasteiger partial charge in [-0.3, -0.25) is 9.59 Å². The van der Waals surface area contributed by atoms with Gasteiger partial charge in [-0.15, -0.1) is 0 Å². The van der Waals surface area contributed by atoms with Crippen molar-refractivity contribution in [3.05, 3.63) is 65.9 Å². The number of nitrogens with zero attached hydrogens (tertiary/aromatic N) is 2. The Morgan fingerprint density at radius 2 is 1.89 bits per heavy atom. The maximum atomic E-state index is 12.8. The van der Waals surface area contributed by atoms with E-state index < -0.39 is 0 Å². The fraction of sp³-hybridized carbons (Fsp3) is 0.273. The average Bonchev–Trinajstić information content (AvgIpc) is 3.29. The molecule has 0 unspecified atom stereocenters. The number of nitrogens with one attached hydrogen (secondary N) is 1. The second kappa shape index (κ2) is 7.27. The molecule has 0 saturated carbocycles. The van der Waals surface area contributed by atoms with Crippen LogP contribution >= 0.6 is 0 Å². The number of H-pyrrole nitrogens is 1. The van der Waals surface area contributed by atoms with Gasteiger partial charge < -0.3 is 14.8 Å². The summed E-state index contributed by atoms with van der Waals surface area (Å²) in [4.78, 5) is 31.6. The number of amides is 2. The highest BCUT2D eigenvalue weighted by Gasteiger charge is 2.26. The molecule has 3 aromatic rings. The number of fused-ring (bicyclic) bond motifs is 2. The summed E-state index contributed by atoms with van der Waals surface area (Å²) in [6, 6.07) is 16.1. The number of rotatable bonds is 5. The molecule has 1 aliphatic heterocycles. The van der Waals surface area contributed by atoms with E-state index >= 15 is 0 Å². The third kappa shape index (κ3) is 3.45. The molecular weight excluding hydrogens is 338 g/mol. The van der Waals surface area contributed by atoms with Crippen molar-refractivity contribution in [1.82, 2.24) is 9.88 Å². The topological polar surface area (TPSA) is 56.4 Å². The smallest absolute Gasteiger partial charge is 0.246 e. The number of carbonyl (C=O) groups excluding carboxylic acids is 2. The van der Waals surface area contributed by atoms with Crippen molar-refractivity contribution in [1.29, 1.82) is 0 Å². The first-order chi connectivity index (χ1) is 13.1. The summed E-state index contributed by atoms with van der Waals surface area (Å²) in [7, 11) is 0. The number of aromatic amines is 1. The van der Waals surface area contributed by atoms with E-state index in [-0.39, 0.29) is 18.4 Å². The highest BCUT2D eigenvalue weighted by molar-refractivity contribution is 5.98. The number of carbonyl (C=O) groups is 2. The van der Waals surface area contributed by atoms with Gasteiger partial charge in [0.25, 0.3) is 0 Å². The van der Waals surface area contributed by atoms with Crippen LogP contribution in [0.4, 0.5) is 5.69 Å². The highest BCUT2D eigenvalue weighted by Crippen LogP contribution is 2.27. The monoisotopic (exact) mass is 361 g/mol. The van der Waals surface area contributed by atoms with Gasteiger partial charge in [0.2, 0.25) is 11.8 Å². The highest BCUT2D eigenvalue weighted by atomic mass is 16.2. The molecule has 0 saturated heterocycles. The Bertz CT molecular complexity index is 992. The lowest BCUT2D eigenvalue weighted by molar-refractivity contribution is -0.133.